The predicted molar refractivity (Wildman–Crippen MR) is 146 cm³/mol. The monoisotopic (exact) mass is 506 g/mol. The number of aromatic nitrogens is 1. The van der Waals surface area contributed by atoms with E-state index in [2.05, 4.69) is 34.3 Å². The molecule has 1 unspecified atom stereocenters. The largest absolute Gasteiger partial charge is 0.340 e. The number of anilines is 3. The fraction of sp³-hybridized carbons (Fsp3) is 0.194. The third-order valence-electron chi connectivity index (χ3n) is 7.71. The number of allylic oxidation sites excluding steroid dienone is 4. The summed E-state index contributed by atoms with van der Waals surface area (Å²) in [6.07, 6.45) is 9.06. The van der Waals surface area contributed by atoms with E-state index in [0.717, 1.165) is 39.3 Å². The number of nitrogens with zero attached hydrogens (tertiary/aromatic N) is 2. The maximum atomic E-state index is 13.6. The van der Waals surface area contributed by atoms with Crippen LogP contribution in [0.25, 0.3) is 0 Å². The number of nitrogens with one attached hydrogen (secondary N) is 2. The fourth-order valence-corrected chi connectivity index (χ4v) is 5.91. The molecule has 1 spiro atoms. The summed E-state index contributed by atoms with van der Waals surface area (Å²) in [5.41, 5.74) is 6.46. The van der Waals surface area contributed by atoms with Crippen molar-refractivity contribution in [3.8, 4) is 0 Å². The second-order valence-corrected chi connectivity index (χ2v) is 10.0. The first-order valence-corrected chi connectivity index (χ1v) is 12.6. The maximum Gasteiger partial charge on any atom is 0.258 e. The van der Waals surface area contributed by atoms with E-state index in [0.29, 0.717) is 37.2 Å². The van der Waals surface area contributed by atoms with E-state index in [1.807, 2.05) is 25.1 Å². The average molecular weight is 507 g/mol. The molecule has 2 aliphatic heterocycles. The summed E-state index contributed by atoms with van der Waals surface area (Å²) in [6.45, 7) is 6.21. The molecule has 190 valence electrons. The quantitative estimate of drug-likeness (QED) is 0.455. The van der Waals surface area contributed by atoms with Crippen molar-refractivity contribution in [2.45, 2.75) is 26.2 Å². The molecule has 2 amide bonds. The summed E-state index contributed by atoms with van der Waals surface area (Å²) in [5.74, 6) is 0.138. The summed E-state index contributed by atoms with van der Waals surface area (Å²) in [5, 5.41) is 6.34. The van der Waals surface area contributed by atoms with Crippen LogP contribution in [0.1, 0.15) is 34.0 Å². The van der Waals surface area contributed by atoms with E-state index in [-0.39, 0.29) is 17.6 Å². The molecule has 0 saturated heterocycles. The lowest BCUT2D eigenvalue weighted by atomic mass is 9.78. The molecule has 6 rings (SSSR count). The molecule has 0 bridgehead atoms. The summed E-state index contributed by atoms with van der Waals surface area (Å²) in [7, 11) is 0. The van der Waals surface area contributed by atoms with Crippen LogP contribution in [0, 0.1) is 11.2 Å². The second-order valence-electron chi connectivity index (χ2n) is 10.0. The smallest absolute Gasteiger partial charge is 0.258 e. The molecule has 1 aromatic heterocycles. The van der Waals surface area contributed by atoms with Gasteiger partial charge in [0.25, 0.3) is 5.91 Å². The van der Waals surface area contributed by atoms with Crippen LogP contribution in [0.2, 0.25) is 0 Å². The van der Waals surface area contributed by atoms with Crippen molar-refractivity contribution in [3.63, 3.8) is 0 Å². The van der Waals surface area contributed by atoms with E-state index < -0.39 is 5.41 Å². The third kappa shape index (κ3) is 3.91. The van der Waals surface area contributed by atoms with Crippen LogP contribution in [-0.4, -0.2) is 23.3 Å². The Balaban J connectivity index is 1.22. The van der Waals surface area contributed by atoms with Gasteiger partial charge in [-0.1, -0.05) is 30.9 Å². The molecule has 0 saturated carbocycles. The summed E-state index contributed by atoms with van der Waals surface area (Å²) < 4.78 is 13.6. The minimum atomic E-state index is -0.607. The van der Waals surface area contributed by atoms with Gasteiger partial charge in [-0.25, -0.2) is 9.37 Å². The molecular weight excluding hydrogens is 479 g/mol. The van der Waals surface area contributed by atoms with Crippen molar-refractivity contribution in [2.75, 3.05) is 16.8 Å². The number of rotatable bonds is 5. The van der Waals surface area contributed by atoms with E-state index in [1.54, 1.807) is 35.4 Å². The van der Waals surface area contributed by atoms with Gasteiger partial charge in [0.2, 0.25) is 5.91 Å². The number of carbonyl (C=O) groups excluding carboxylic acids is 2. The number of halogens is 1. The number of benzene rings is 2. The molecule has 1 atom stereocenters. The van der Waals surface area contributed by atoms with Crippen LogP contribution < -0.4 is 15.5 Å². The van der Waals surface area contributed by atoms with Gasteiger partial charge in [0, 0.05) is 35.4 Å². The van der Waals surface area contributed by atoms with E-state index in [9.17, 15) is 14.0 Å². The summed E-state index contributed by atoms with van der Waals surface area (Å²) >= 11 is 0. The van der Waals surface area contributed by atoms with E-state index in [1.165, 1.54) is 12.1 Å². The van der Waals surface area contributed by atoms with Gasteiger partial charge in [-0.3, -0.25) is 9.59 Å². The zero-order chi connectivity index (χ0) is 26.4. The molecule has 2 N–H and O–H groups in total. The lowest BCUT2D eigenvalue weighted by molar-refractivity contribution is -0.126. The number of hydrogen-bond donors (Lipinski definition) is 2. The summed E-state index contributed by atoms with van der Waals surface area (Å²) in [4.78, 5) is 32.4. The highest BCUT2D eigenvalue weighted by molar-refractivity contribution is 6.07. The number of hydrogen-bond acceptors (Lipinski definition) is 4. The van der Waals surface area contributed by atoms with Crippen LogP contribution >= 0.6 is 0 Å². The average Bonchev–Trinajstić information content (AvgIpc) is 3.56. The van der Waals surface area contributed by atoms with Gasteiger partial charge in [-0.2, -0.15) is 0 Å². The highest BCUT2D eigenvalue weighted by atomic mass is 19.1. The van der Waals surface area contributed by atoms with Crippen LogP contribution in [0.5, 0.6) is 0 Å². The maximum absolute atomic E-state index is 13.6. The zero-order valence-corrected chi connectivity index (χ0v) is 21.1. The summed E-state index contributed by atoms with van der Waals surface area (Å²) in [6, 6.07) is 14.0. The van der Waals surface area contributed by atoms with Gasteiger partial charge in [0.1, 0.15) is 11.6 Å². The Hall–Kier alpha value is -4.52. The van der Waals surface area contributed by atoms with Crippen molar-refractivity contribution in [2.24, 2.45) is 5.41 Å². The van der Waals surface area contributed by atoms with Crippen LogP contribution in [0.4, 0.5) is 21.6 Å². The van der Waals surface area contributed by atoms with Gasteiger partial charge in [0.05, 0.1) is 5.41 Å². The SMILES string of the molecule is C=C/C=C\C1=C(C)NC(=O)C12Cc1ccc(Nc3cc(C(=O)N4CCc5cc(F)ccc54)ccn3)cc1C2. The van der Waals surface area contributed by atoms with Crippen molar-refractivity contribution in [1.82, 2.24) is 10.3 Å². The standard InChI is InChI=1S/C31H27FN4O2/c1-3-4-5-26-19(2)34-30(38)31(26)17-22-6-8-25(15-23(22)18-31)35-28-16-21(10-12-33-28)29(37)36-13-11-20-14-24(32)7-9-27(20)36/h3-10,12,14-16H,1,11,13,17-18H2,2H3,(H,33,35)(H,34,38)/b5-4-. The number of amides is 2. The Morgan fingerprint density at radius 1 is 1.13 bits per heavy atom. The van der Waals surface area contributed by atoms with Crippen LogP contribution in [0.15, 0.2) is 90.8 Å². The minimum absolute atomic E-state index is 0.0310. The first-order valence-electron chi connectivity index (χ1n) is 12.6. The predicted octanol–water partition coefficient (Wildman–Crippen LogP) is 5.40. The van der Waals surface area contributed by atoms with Crippen molar-refractivity contribution < 1.29 is 14.0 Å². The highest BCUT2D eigenvalue weighted by Crippen LogP contribution is 2.48. The van der Waals surface area contributed by atoms with Crippen LogP contribution in [-0.2, 0) is 24.1 Å². The molecule has 0 fully saturated rings. The van der Waals surface area contributed by atoms with Crippen LogP contribution in [0.3, 0.4) is 0 Å². The Kier molecular flexibility index (Phi) is 5.71. The molecule has 3 aliphatic rings. The van der Waals surface area contributed by atoms with Gasteiger partial charge in [0.15, 0.2) is 0 Å². The minimum Gasteiger partial charge on any atom is -0.340 e. The molecule has 7 heteroatoms. The molecule has 0 radical (unpaired) electrons. The van der Waals surface area contributed by atoms with Gasteiger partial charge in [-0.05, 0) is 90.9 Å². The topological polar surface area (TPSA) is 74.3 Å². The number of carbonyl (C=O) groups is 2. The lowest BCUT2D eigenvalue weighted by Gasteiger charge is -2.22. The Bertz CT molecular complexity index is 1570. The van der Waals surface area contributed by atoms with Crippen molar-refractivity contribution >= 4 is 29.0 Å². The van der Waals surface area contributed by atoms with E-state index in [4.69, 9.17) is 0 Å². The van der Waals surface area contributed by atoms with Gasteiger partial charge in [-0.15, -0.1) is 0 Å². The van der Waals surface area contributed by atoms with E-state index >= 15 is 0 Å². The highest BCUT2D eigenvalue weighted by Gasteiger charge is 2.50. The molecule has 2 aromatic carbocycles. The van der Waals surface area contributed by atoms with Crippen molar-refractivity contribution in [3.05, 3.63) is 119 Å². The zero-order valence-electron chi connectivity index (χ0n) is 21.1. The molecule has 3 aromatic rings. The Morgan fingerprint density at radius 2 is 1.97 bits per heavy atom. The molecule has 1 aliphatic carbocycles. The first kappa shape index (κ1) is 23.9. The Labute approximate surface area is 220 Å². The van der Waals surface area contributed by atoms with Gasteiger partial charge < -0.3 is 15.5 Å². The normalized spacial score (nSPS) is 19.7. The second kappa shape index (κ2) is 9.10. The van der Waals surface area contributed by atoms with Crippen molar-refractivity contribution in [1.29, 1.82) is 0 Å². The number of fused-ring (bicyclic) bond motifs is 2. The lowest BCUT2D eigenvalue weighted by Crippen LogP contribution is -2.34. The molecule has 38 heavy (non-hydrogen) atoms. The molecular formula is C31H27FN4O2. The van der Waals surface area contributed by atoms with Gasteiger partial charge >= 0.3 is 0 Å². The first-order chi connectivity index (χ1) is 18.4. The third-order valence-corrected chi connectivity index (χ3v) is 7.71. The molecule has 3 heterocycles. The Morgan fingerprint density at radius 3 is 2.82 bits per heavy atom. The molecule has 6 nitrogen and oxygen atoms in total. The fourth-order valence-electron chi connectivity index (χ4n) is 5.91. The number of pyridine rings is 1.